The van der Waals surface area contributed by atoms with Gasteiger partial charge in [-0.05, 0) is 49.9 Å². The molecule has 1 aromatic carbocycles. The lowest BCUT2D eigenvalue weighted by Crippen LogP contribution is -2.34. The summed E-state index contributed by atoms with van der Waals surface area (Å²) >= 11 is 0. The molecule has 0 amide bonds. The van der Waals surface area contributed by atoms with Crippen molar-refractivity contribution in [2.45, 2.75) is 46.7 Å². The van der Waals surface area contributed by atoms with E-state index in [1.807, 2.05) is 20.0 Å². The third-order valence-electron chi connectivity index (χ3n) is 3.75. The molecule has 0 saturated heterocycles. The van der Waals surface area contributed by atoms with Gasteiger partial charge in [0.15, 0.2) is 0 Å². The number of halogens is 1. The Labute approximate surface area is 110 Å². The summed E-state index contributed by atoms with van der Waals surface area (Å²) in [5.41, 5.74) is 8.52. The van der Waals surface area contributed by atoms with Crippen molar-refractivity contribution in [1.29, 1.82) is 0 Å². The molecule has 0 aromatic heterocycles. The van der Waals surface area contributed by atoms with Crippen LogP contribution in [0.5, 0.6) is 0 Å². The van der Waals surface area contributed by atoms with Crippen LogP contribution >= 0.6 is 0 Å². The number of hydrogen-bond donors (Lipinski definition) is 1. The van der Waals surface area contributed by atoms with Crippen molar-refractivity contribution in [2.75, 3.05) is 11.9 Å². The lowest BCUT2D eigenvalue weighted by atomic mass is 9.99. The van der Waals surface area contributed by atoms with E-state index in [0.717, 1.165) is 11.3 Å². The van der Waals surface area contributed by atoms with Gasteiger partial charge in [0, 0.05) is 24.8 Å². The molecule has 0 fully saturated rings. The van der Waals surface area contributed by atoms with Crippen LogP contribution in [0.4, 0.5) is 10.1 Å². The van der Waals surface area contributed by atoms with Crippen LogP contribution in [-0.4, -0.2) is 13.1 Å². The van der Waals surface area contributed by atoms with Gasteiger partial charge in [-0.3, -0.25) is 0 Å². The number of nitrogens with zero attached hydrogens (tertiary/aromatic N) is 1. The molecule has 0 radical (unpaired) electrons. The molecule has 1 aromatic rings. The van der Waals surface area contributed by atoms with Gasteiger partial charge in [0.25, 0.3) is 0 Å². The van der Waals surface area contributed by atoms with E-state index in [4.69, 9.17) is 5.73 Å². The Bertz CT molecular complexity index is 413. The molecule has 2 atom stereocenters. The molecule has 0 aliphatic rings. The van der Waals surface area contributed by atoms with Crippen molar-refractivity contribution in [3.05, 3.63) is 29.1 Å². The Morgan fingerprint density at radius 3 is 2.17 bits per heavy atom. The number of benzene rings is 1. The molecular formula is C15H25FN2. The highest BCUT2D eigenvalue weighted by Gasteiger charge is 2.19. The largest absolute Gasteiger partial charge is 0.371 e. The number of hydrogen-bond acceptors (Lipinski definition) is 2. The van der Waals surface area contributed by atoms with Gasteiger partial charge in [-0.25, -0.2) is 4.39 Å². The van der Waals surface area contributed by atoms with E-state index < -0.39 is 0 Å². The van der Waals surface area contributed by atoms with Gasteiger partial charge in [0.05, 0.1) is 0 Å². The molecule has 2 N–H and O–H groups in total. The van der Waals surface area contributed by atoms with Gasteiger partial charge >= 0.3 is 0 Å². The summed E-state index contributed by atoms with van der Waals surface area (Å²) in [7, 11) is 2.04. The highest BCUT2D eigenvalue weighted by molar-refractivity contribution is 5.57. The third-order valence-corrected chi connectivity index (χ3v) is 3.75. The summed E-state index contributed by atoms with van der Waals surface area (Å²) < 4.78 is 13.7. The number of rotatable bonds is 4. The monoisotopic (exact) mass is 252 g/mol. The van der Waals surface area contributed by atoms with Gasteiger partial charge in [-0.15, -0.1) is 0 Å². The first-order valence-electron chi connectivity index (χ1n) is 6.54. The fraction of sp³-hybridized carbons (Fsp3) is 0.600. The topological polar surface area (TPSA) is 29.3 Å². The van der Waals surface area contributed by atoms with Gasteiger partial charge in [-0.2, -0.15) is 0 Å². The summed E-state index contributed by atoms with van der Waals surface area (Å²) in [5.74, 6) is 0.345. The highest BCUT2D eigenvalue weighted by Crippen LogP contribution is 2.30. The second kappa shape index (κ2) is 5.70. The second-order valence-corrected chi connectivity index (χ2v) is 5.54. The van der Waals surface area contributed by atoms with Crippen molar-refractivity contribution in [1.82, 2.24) is 0 Å². The van der Waals surface area contributed by atoms with E-state index in [1.54, 1.807) is 13.0 Å². The zero-order chi connectivity index (χ0) is 14.0. The molecule has 18 heavy (non-hydrogen) atoms. The maximum atomic E-state index is 13.7. The Morgan fingerprint density at radius 1 is 1.17 bits per heavy atom. The molecule has 0 saturated carbocycles. The first-order valence-corrected chi connectivity index (χ1v) is 6.54. The average molecular weight is 252 g/mol. The van der Waals surface area contributed by atoms with Crippen LogP contribution in [0.3, 0.4) is 0 Å². The van der Waals surface area contributed by atoms with Crippen molar-refractivity contribution >= 4 is 5.69 Å². The van der Waals surface area contributed by atoms with Crippen LogP contribution in [0.25, 0.3) is 0 Å². The minimum absolute atomic E-state index is 0.170. The lowest BCUT2D eigenvalue weighted by Gasteiger charge is -2.32. The number of nitrogens with two attached hydrogens (primary N) is 1. The first-order chi connectivity index (χ1) is 8.25. The van der Waals surface area contributed by atoms with Crippen molar-refractivity contribution in [2.24, 2.45) is 11.7 Å². The summed E-state index contributed by atoms with van der Waals surface area (Å²) in [6, 6.07) is 3.68. The zero-order valence-corrected chi connectivity index (χ0v) is 12.3. The summed E-state index contributed by atoms with van der Waals surface area (Å²) in [6.45, 7) is 10.2. The smallest absolute Gasteiger partial charge is 0.126 e. The molecule has 0 spiro atoms. The minimum atomic E-state index is -0.184. The maximum Gasteiger partial charge on any atom is 0.126 e. The molecular weight excluding hydrogens is 227 g/mol. The second-order valence-electron chi connectivity index (χ2n) is 5.54. The van der Waals surface area contributed by atoms with Crippen LogP contribution < -0.4 is 10.6 Å². The molecule has 2 nitrogen and oxygen atoms in total. The van der Waals surface area contributed by atoms with Crippen LogP contribution in [0, 0.1) is 18.7 Å². The predicted octanol–water partition coefficient (Wildman–Crippen LogP) is 3.63. The van der Waals surface area contributed by atoms with Crippen molar-refractivity contribution in [3.8, 4) is 0 Å². The van der Waals surface area contributed by atoms with E-state index in [9.17, 15) is 4.39 Å². The molecule has 1 rings (SSSR count). The Hall–Kier alpha value is -1.09. The van der Waals surface area contributed by atoms with E-state index in [0.29, 0.717) is 17.5 Å². The van der Waals surface area contributed by atoms with Crippen LogP contribution in [0.1, 0.15) is 44.9 Å². The highest BCUT2D eigenvalue weighted by atomic mass is 19.1. The van der Waals surface area contributed by atoms with Crippen LogP contribution in [-0.2, 0) is 0 Å². The Morgan fingerprint density at radius 2 is 1.72 bits per heavy atom. The van der Waals surface area contributed by atoms with Crippen molar-refractivity contribution in [3.63, 3.8) is 0 Å². The number of aryl methyl sites for hydroxylation is 1. The van der Waals surface area contributed by atoms with E-state index in [2.05, 4.69) is 25.7 Å². The zero-order valence-electron chi connectivity index (χ0n) is 12.3. The van der Waals surface area contributed by atoms with Crippen molar-refractivity contribution < 1.29 is 4.39 Å². The normalized spacial score (nSPS) is 14.7. The first kappa shape index (κ1) is 15.0. The van der Waals surface area contributed by atoms with E-state index in [-0.39, 0.29) is 11.9 Å². The van der Waals surface area contributed by atoms with Gasteiger partial charge in [-0.1, -0.05) is 13.8 Å². The molecule has 0 aliphatic carbocycles. The predicted molar refractivity (Wildman–Crippen MR) is 76.4 cm³/mol. The van der Waals surface area contributed by atoms with Gasteiger partial charge in [0.2, 0.25) is 0 Å². The Kier molecular flexibility index (Phi) is 4.74. The lowest BCUT2D eigenvalue weighted by molar-refractivity contribution is 0.503. The quantitative estimate of drug-likeness (QED) is 0.886. The molecule has 0 bridgehead atoms. The van der Waals surface area contributed by atoms with Crippen LogP contribution in [0.2, 0.25) is 0 Å². The average Bonchev–Trinajstić information content (AvgIpc) is 2.29. The van der Waals surface area contributed by atoms with E-state index in [1.165, 1.54) is 0 Å². The maximum absolute atomic E-state index is 13.7. The summed E-state index contributed by atoms with van der Waals surface area (Å²) in [5, 5.41) is 0. The third kappa shape index (κ3) is 3.02. The van der Waals surface area contributed by atoms with Gasteiger partial charge < -0.3 is 10.6 Å². The Balaban J connectivity index is 3.25. The SMILES string of the molecule is Cc1cc(N(C)C(C)C(C)C)c([C@@H](C)N)cc1F. The van der Waals surface area contributed by atoms with Crippen LogP contribution in [0.15, 0.2) is 12.1 Å². The standard InChI is InChI=1S/C15H25FN2/c1-9(2)12(5)18(6)15-7-10(3)14(16)8-13(15)11(4)17/h7-9,11-12H,17H2,1-6H3/t11-,12?/m1/s1. The molecule has 3 heteroatoms. The summed E-state index contributed by atoms with van der Waals surface area (Å²) in [6.07, 6.45) is 0. The molecule has 1 unspecified atom stereocenters. The van der Waals surface area contributed by atoms with Gasteiger partial charge in [0.1, 0.15) is 5.82 Å². The molecule has 0 aliphatic heterocycles. The summed E-state index contributed by atoms with van der Waals surface area (Å²) in [4.78, 5) is 2.19. The fourth-order valence-corrected chi connectivity index (χ4v) is 2.02. The minimum Gasteiger partial charge on any atom is -0.371 e. The van der Waals surface area contributed by atoms with E-state index >= 15 is 0 Å². The number of anilines is 1. The molecule has 102 valence electrons. The molecule has 0 heterocycles. The fourth-order valence-electron chi connectivity index (χ4n) is 2.02.